The second-order valence-electron chi connectivity index (χ2n) is 13.9. The molecule has 0 aromatic heterocycles. The Morgan fingerprint density at radius 2 is 1.49 bits per heavy atom. The van der Waals surface area contributed by atoms with Crippen molar-refractivity contribution in [3.05, 3.63) is 0 Å². The van der Waals surface area contributed by atoms with Gasteiger partial charge in [0.05, 0.1) is 22.0 Å². The highest BCUT2D eigenvalue weighted by Crippen LogP contribution is 2.60. The standard InChI is InChI=1S/C16H26O4.C13H20O4/c1-4-13(2,3)12(17)20-16-7-11-5-14(18,9-16)8-15(19,6-11)10-16;1-4-13(2,3)12(15)17-10-8-6-5-7-9(8)16-11(10)14/h11,18-19H,4-10H2,1-3H3;8-10H,4-7H2,1-3H3. The summed E-state index contributed by atoms with van der Waals surface area (Å²) in [7, 11) is 0. The molecule has 5 aliphatic carbocycles. The van der Waals surface area contributed by atoms with E-state index in [-0.39, 0.29) is 35.8 Å². The number of aliphatic hydroxyl groups is 2. The van der Waals surface area contributed by atoms with Crippen LogP contribution in [0.15, 0.2) is 0 Å². The maximum absolute atomic E-state index is 12.4. The van der Waals surface area contributed by atoms with Crippen LogP contribution in [0.2, 0.25) is 0 Å². The van der Waals surface area contributed by atoms with E-state index < -0.39 is 33.7 Å². The Morgan fingerprint density at radius 1 is 0.919 bits per heavy atom. The molecule has 8 heteroatoms. The number of carbonyl (C=O) groups excluding carboxylic acids is 3. The molecule has 6 rings (SSSR count). The fourth-order valence-electron chi connectivity index (χ4n) is 7.24. The average Bonchev–Trinajstić information content (AvgIpc) is 3.33. The summed E-state index contributed by atoms with van der Waals surface area (Å²) < 4.78 is 16.5. The van der Waals surface area contributed by atoms with Crippen LogP contribution in [0.25, 0.3) is 0 Å². The Balaban J connectivity index is 0.000000176. The summed E-state index contributed by atoms with van der Waals surface area (Å²) in [6.45, 7) is 11.4. The first-order chi connectivity index (χ1) is 17.0. The van der Waals surface area contributed by atoms with Crippen LogP contribution in [-0.2, 0) is 28.6 Å². The van der Waals surface area contributed by atoms with E-state index in [2.05, 4.69) is 0 Å². The van der Waals surface area contributed by atoms with Gasteiger partial charge in [0, 0.05) is 25.2 Å². The third-order valence-electron chi connectivity index (χ3n) is 9.77. The number of hydrogen-bond donors (Lipinski definition) is 2. The lowest BCUT2D eigenvalue weighted by Gasteiger charge is -2.62. The number of ether oxygens (including phenoxy) is 3. The molecule has 37 heavy (non-hydrogen) atoms. The SMILES string of the molecule is CCC(C)(C)C(=O)OC12CC3CC(O)(CC(O)(C3)C1)C2.CCC(C)(C)C(=O)OC1C(=O)OC2CCCC21. The van der Waals surface area contributed by atoms with Crippen molar-refractivity contribution in [2.45, 2.75) is 141 Å². The van der Waals surface area contributed by atoms with Crippen LogP contribution in [0, 0.1) is 22.7 Å². The van der Waals surface area contributed by atoms with Gasteiger partial charge in [0.25, 0.3) is 0 Å². The van der Waals surface area contributed by atoms with Crippen molar-refractivity contribution in [1.29, 1.82) is 0 Å². The molecule has 1 aliphatic heterocycles. The zero-order valence-corrected chi connectivity index (χ0v) is 23.4. The van der Waals surface area contributed by atoms with Crippen LogP contribution < -0.4 is 0 Å². The van der Waals surface area contributed by atoms with Crippen molar-refractivity contribution in [3.63, 3.8) is 0 Å². The molecule has 8 nitrogen and oxygen atoms in total. The van der Waals surface area contributed by atoms with Gasteiger partial charge in [0.2, 0.25) is 6.10 Å². The smallest absolute Gasteiger partial charge is 0.348 e. The molecule has 0 radical (unpaired) electrons. The molecule has 1 heterocycles. The lowest BCUT2D eigenvalue weighted by atomic mass is 9.50. The van der Waals surface area contributed by atoms with Crippen LogP contribution in [0.4, 0.5) is 0 Å². The molecule has 6 fully saturated rings. The van der Waals surface area contributed by atoms with Crippen molar-refractivity contribution in [1.82, 2.24) is 0 Å². The number of rotatable bonds is 6. The molecular weight excluding hydrogens is 476 g/mol. The second kappa shape index (κ2) is 9.51. The van der Waals surface area contributed by atoms with Gasteiger partial charge < -0.3 is 24.4 Å². The van der Waals surface area contributed by atoms with E-state index >= 15 is 0 Å². The van der Waals surface area contributed by atoms with Gasteiger partial charge in [0.1, 0.15) is 11.7 Å². The fraction of sp³-hybridized carbons (Fsp3) is 0.897. The molecule has 1 saturated heterocycles. The van der Waals surface area contributed by atoms with E-state index in [1.54, 1.807) is 0 Å². The lowest BCUT2D eigenvalue weighted by molar-refractivity contribution is -0.264. The van der Waals surface area contributed by atoms with Crippen molar-refractivity contribution in [3.8, 4) is 0 Å². The zero-order valence-electron chi connectivity index (χ0n) is 23.4. The predicted octanol–water partition coefficient (Wildman–Crippen LogP) is 4.22. The minimum Gasteiger partial charge on any atom is -0.459 e. The van der Waals surface area contributed by atoms with Crippen molar-refractivity contribution >= 4 is 17.9 Å². The van der Waals surface area contributed by atoms with E-state index in [1.165, 1.54) is 0 Å². The number of hydrogen-bond acceptors (Lipinski definition) is 8. The van der Waals surface area contributed by atoms with Gasteiger partial charge in [-0.25, -0.2) is 4.79 Å². The van der Waals surface area contributed by atoms with Gasteiger partial charge in [-0.05, 0) is 85.0 Å². The van der Waals surface area contributed by atoms with Crippen molar-refractivity contribution in [2.24, 2.45) is 22.7 Å². The van der Waals surface area contributed by atoms with Gasteiger partial charge >= 0.3 is 17.9 Å². The Labute approximate surface area is 220 Å². The molecule has 210 valence electrons. The van der Waals surface area contributed by atoms with Gasteiger partial charge in [-0.15, -0.1) is 0 Å². The molecule has 0 aromatic rings. The quantitative estimate of drug-likeness (QED) is 0.393. The van der Waals surface area contributed by atoms with Gasteiger partial charge in [-0.2, -0.15) is 0 Å². The maximum Gasteiger partial charge on any atom is 0.348 e. The highest BCUT2D eigenvalue weighted by Gasteiger charge is 2.64. The monoisotopic (exact) mass is 522 g/mol. The summed E-state index contributed by atoms with van der Waals surface area (Å²) in [5, 5.41) is 21.3. The second-order valence-corrected chi connectivity index (χ2v) is 13.9. The first kappa shape index (κ1) is 28.3. The molecule has 0 spiro atoms. The Hall–Kier alpha value is -1.67. The fourth-order valence-corrected chi connectivity index (χ4v) is 7.24. The third kappa shape index (κ3) is 5.56. The van der Waals surface area contributed by atoms with Crippen molar-refractivity contribution in [2.75, 3.05) is 0 Å². The maximum atomic E-state index is 12.4. The molecule has 4 bridgehead atoms. The molecule has 5 saturated carbocycles. The first-order valence-electron chi connectivity index (χ1n) is 14.1. The van der Waals surface area contributed by atoms with Gasteiger partial charge in [-0.1, -0.05) is 13.8 Å². The van der Waals surface area contributed by atoms with E-state index in [0.29, 0.717) is 25.7 Å². The largest absolute Gasteiger partial charge is 0.459 e. The molecule has 5 unspecified atom stereocenters. The summed E-state index contributed by atoms with van der Waals surface area (Å²) in [5.74, 6) is -0.499. The summed E-state index contributed by atoms with van der Waals surface area (Å²) in [6, 6.07) is 0. The minimum absolute atomic E-state index is 0.0231. The van der Waals surface area contributed by atoms with Crippen LogP contribution in [-0.4, -0.2) is 57.1 Å². The predicted molar refractivity (Wildman–Crippen MR) is 135 cm³/mol. The van der Waals surface area contributed by atoms with E-state index in [1.807, 2.05) is 41.5 Å². The topological polar surface area (TPSA) is 119 Å². The Kier molecular flexibility index (Phi) is 7.28. The zero-order chi connectivity index (χ0) is 27.4. The summed E-state index contributed by atoms with van der Waals surface area (Å²) in [4.78, 5) is 36.0. The third-order valence-corrected chi connectivity index (χ3v) is 9.77. The minimum atomic E-state index is -0.842. The normalized spacial score (nSPS) is 39.9. The van der Waals surface area contributed by atoms with Gasteiger partial charge in [0.15, 0.2) is 0 Å². The number of carbonyl (C=O) groups is 3. The van der Waals surface area contributed by atoms with Crippen LogP contribution in [0.3, 0.4) is 0 Å². The van der Waals surface area contributed by atoms with E-state index in [4.69, 9.17) is 14.2 Å². The molecule has 2 N–H and O–H groups in total. The molecular formula is C29H46O8. The van der Waals surface area contributed by atoms with Crippen LogP contribution in [0.5, 0.6) is 0 Å². The molecule has 6 aliphatic rings. The highest BCUT2D eigenvalue weighted by molar-refractivity contribution is 5.83. The van der Waals surface area contributed by atoms with E-state index in [0.717, 1.165) is 44.9 Å². The first-order valence-corrected chi connectivity index (χ1v) is 14.1. The highest BCUT2D eigenvalue weighted by atomic mass is 16.6. The average molecular weight is 523 g/mol. The van der Waals surface area contributed by atoms with Crippen LogP contribution >= 0.6 is 0 Å². The lowest BCUT2D eigenvalue weighted by Crippen LogP contribution is -2.67. The van der Waals surface area contributed by atoms with Crippen LogP contribution in [0.1, 0.15) is 112 Å². The molecule has 0 aromatic carbocycles. The Bertz CT molecular complexity index is 905. The summed E-state index contributed by atoms with van der Waals surface area (Å²) in [6.07, 6.45) is 7.30. The van der Waals surface area contributed by atoms with Crippen molar-refractivity contribution < 1.29 is 38.8 Å². The number of fused-ring (bicyclic) bond motifs is 1. The van der Waals surface area contributed by atoms with E-state index in [9.17, 15) is 24.6 Å². The Morgan fingerprint density at radius 3 is 2.03 bits per heavy atom. The summed E-state index contributed by atoms with van der Waals surface area (Å²) >= 11 is 0. The summed E-state index contributed by atoms with van der Waals surface area (Å²) in [5.41, 5.74) is -3.37. The van der Waals surface area contributed by atoms with Gasteiger partial charge in [-0.3, -0.25) is 9.59 Å². The number of esters is 3. The molecule has 0 amide bonds. The molecule has 5 atom stereocenters.